The number of hydrogen-bond acceptors (Lipinski definition) is 9. The molecule has 1 atom stereocenters. The molecule has 43 heavy (non-hydrogen) atoms. The highest BCUT2D eigenvalue weighted by Crippen LogP contribution is 2.44. The number of hydrogen-bond donors (Lipinski definition) is 1. The lowest BCUT2D eigenvalue weighted by atomic mass is 9.95. The van der Waals surface area contributed by atoms with Gasteiger partial charge in [-0.25, -0.2) is 4.39 Å². The van der Waals surface area contributed by atoms with Gasteiger partial charge in [0.25, 0.3) is 5.78 Å². The number of halogens is 1. The maximum Gasteiger partial charge on any atom is 0.301 e. The Morgan fingerprint density at radius 3 is 2.56 bits per heavy atom. The number of thioether (sulfide) groups is 1. The predicted octanol–water partition coefficient (Wildman–Crippen LogP) is 7.17. The van der Waals surface area contributed by atoms with Crippen molar-refractivity contribution in [3.8, 4) is 11.5 Å². The van der Waals surface area contributed by atoms with Gasteiger partial charge in [-0.15, -0.1) is 10.2 Å². The van der Waals surface area contributed by atoms with Gasteiger partial charge in [0.15, 0.2) is 4.34 Å². The molecule has 0 saturated carbocycles. The van der Waals surface area contributed by atoms with Gasteiger partial charge < -0.3 is 14.6 Å². The van der Waals surface area contributed by atoms with Crippen LogP contribution < -0.4 is 14.4 Å². The van der Waals surface area contributed by atoms with E-state index in [-0.39, 0.29) is 22.3 Å². The van der Waals surface area contributed by atoms with Crippen molar-refractivity contribution in [1.82, 2.24) is 10.2 Å². The topological polar surface area (TPSA) is 102 Å². The average Bonchev–Trinajstić information content (AvgIpc) is 3.60. The molecule has 2 heterocycles. The molecule has 1 aliphatic heterocycles. The van der Waals surface area contributed by atoms with E-state index < -0.39 is 17.7 Å². The highest BCUT2D eigenvalue weighted by Gasteiger charge is 2.48. The number of anilines is 1. The van der Waals surface area contributed by atoms with Gasteiger partial charge in [-0.3, -0.25) is 14.5 Å². The van der Waals surface area contributed by atoms with Crippen molar-refractivity contribution in [3.05, 3.63) is 101 Å². The number of aliphatic hydroxyl groups excluding tert-OH is 1. The molecular weight excluding hydrogens is 590 g/mol. The number of carbonyl (C=O) groups is 2. The van der Waals surface area contributed by atoms with Crippen LogP contribution in [0.5, 0.6) is 11.5 Å². The quantitative estimate of drug-likeness (QED) is 0.0445. The summed E-state index contributed by atoms with van der Waals surface area (Å²) >= 11 is 2.39. The zero-order valence-electron chi connectivity index (χ0n) is 23.7. The second-order valence-electron chi connectivity index (χ2n) is 9.76. The number of ketones is 1. The minimum atomic E-state index is -0.987. The number of Topliss-reactive ketones (excluding diaryl/α,β-unsaturated/α-hetero) is 1. The number of aliphatic hydroxyl groups is 1. The first-order chi connectivity index (χ1) is 20.9. The van der Waals surface area contributed by atoms with E-state index in [1.807, 2.05) is 6.07 Å². The zero-order chi connectivity index (χ0) is 30.3. The molecule has 4 aromatic rings. The lowest BCUT2D eigenvalue weighted by Crippen LogP contribution is -2.29. The molecule has 5 rings (SSSR count). The number of methoxy groups -OCH3 is 1. The van der Waals surface area contributed by atoms with E-state index in [1.54, 1.807) is 60.7 Å². The maximum atomic E-state index is 14.1. The molecule has 3 aromatic carbocycles. The Labute approximate surface area is 257 Å². The minimum Gasteiger partial charge on any atom is -0.507 e. The van der Waals surface area contributed by atoms with Crippen LogP contribution in [0.1, 0.15) is 48.9 Å². The maximum absolute atomic E-state index is 14.1. The van der Waals surface area contributed by atoms with Gasteiger partial charge >= 0.3 is 5.91 Å². The Hall–Kier alpha value is -4.22. The number of unbranched alkanes of at least 4 members (excludes halogenated alkanes) is 2. The third-order valence-corrected chi connectivity index (χ3v) is 9.01. The van der Waals surface area contributed by atoms with Crippen LogP contribution in [-0.4, -0.2) is 40.7 Å². The number of rotatable bonds is 12. The molecule has 1 amide bonds. The lowest BCUT2D eigenvalue weighted by Gasteiger charge is -2.23. The molecule has 11 heteroatoms. The summed E-state index contributed by atoms with van der Waals surface area (Å²) in [4.78, 5) is 28.4. The second kappa shape index (κ2) is 13.8. The summed E-state index contributed by atoms with van der Waals surface area (Å²) in [5.41, 5.74) is 1.36. The third-order valence-electron chi connectivity index (χ3n) is 6.91. The summed E-state index contributed by atoms with van der Waals surface area (Å²) in [6.07, 6.45) is 3.00. The summed E-state index contributed by atoms with van der Waals surface area (Å²) in [6, 6.07) is 19.2. The molecule has 1 N–H and O–H groups in total. The third kappa shape index (κ3) is 6.73. The lowest BCUT2D eigenvalue weighted by molar-refractivity contribution is -0.132. The van der Waals surface area contributed by atoms with Crippen molar-refractivity contribution in [3.63, 3.8) is 0 Å². The molecule has 1 aromatic heterocycles. The Morgan fingerprint density at radius 2 is 1.81 bits per heavy atom. The Bertz CT molecular complexity index is 1640. The molecule has 0 aliphatic carbocycles. The molecule has 1 aliphatic rings. The monoisotopic (exact) mass is 619 g/mol. The summed E-state index contributed by atoms with van der Waals surface area (Å²) < 4.78 is 25.8. The summed E-state index contributed by atoms with van der Waals surface area (Å²) in [7, 11) is 1.53. The van der Waals surface area contributed by atoms with Gasteiger partial charge in [0.05, 0.1) is 25.3 Å². The van der Waals surface area contributed by atoms with Gasteiger partial charge in [0, 0.05) is 11.3 Å². The summed E-state index contributed by atoms with van der Waals surface area (Å²) in [6.45, 7) is 2.64. The van der Waals surface area contributed by atoms with Crippen LogP contribution in [0.15, 0.2) is 82.7 Å². The average molecular weight is 620 g/mol. The highest BCUT2D eigenvalue weighted by atomic mass is 32.2. The zero-order valence-corrected chi connectivity index (χ0v) is 25.3. The van der Waals surface area contributed by atoms with Crippen LogP contribution in [0.2, 0.25) is 0 Å². The largest absolute Gasteiger partial charge is 0.507 e. The van der Waals surface area contributed by atoms with Crippen molar-refractivity contribution in [2.24, 2.45) is 0 Å². The molecule has 1 saturated heterocycles. The van der Waals surface area contributed by atoms with Crippen LogP contribution in [0.3, 0.4) is 0 Å². The van der Waals surface area contributed by atoms with Gasteiger partial charge in [0.2, 0.25) is 5.13 Å². The fraction of sp³-hybridized carbons (Fsp3) is 0.250. The number of amides is 1. The SMILES string of the molecule is CCCCCOc1cccc(C2C(=C(O)c3ccc(OC)cc3)C(=O)C(=O)N2c2nnc(SCc3ccccc3F)s2)c1. The molecule has 1 fully saturated rings. The Balaban J connectivity index is 1.52. The second-order valence-corrected chi connectivity index (χ2v) is 11.9. The standard InChI is InChI=1S/C32H30FN3O5S2/c1-3-4-7-17-41-24-11-8-10-21(18-24)27-26(28(37)20-13-15-23(40-2)16-14-20)29(38)30(39)36(27)31-34-35-32(43-31)42-19-22-9-5-6-12-25(22)33/h5-6,8-16,18,27,37H,3-4,7,17,19H2,1-2H3. The van der Waals surface area contributed by atoms with Crippen LogP contribution in [0.25, 0.3) is 5.76 Å². The molecule has 8 nitrogen and oxygen atoms in total. The number of benzene rings is 3. The predicted molar refractivity (Wildman–Crippen MR) is 165 cm³/mol. The van der Waals surface area contributed by atoms with Gasteiger partial charge in [-0.1, -0.05) is 73.2 Å². The molecule has 0 spiro atoms. The minimum absolute atomic E-state index is 0.0749. The van der Waals surface area contributed by atoms with E-state index in [1.165, 1.54) is 29.8 Å². The van der Waals surface area contributed by atoms with E-state index in [0.717, 1.165) is 30.6 Å². The number of carbonyl (C=O) groups excluding carboxylic acids is 2. The number of ether oxygens (including phenoxy) is 2. The van der Waals surface area contributed by atoms with Crippen molar-refractivity contribution >= 4 is 45.7 Å². The molecule has 0 bridgehead atoms. The van der Waals surface area contributed by atoms with Crippen molar-refractivity contribution < 1.29 is 28.6 Å². The first-order valence-corrected chi connectivity index (χ1v) is 15.6. The molecule has 1 unspecified atom stereocenters. The summed E-state index contributed by atoms with van der Waals surface area (Å²) in [5, 5.41) is 20.0. The van der Waals surface area contributed by atoms with Gasteiger partial charge in [-0.2, -0.15) is 0 Å². The fourth-order valence-corrected chi connectivity index (χ4v) is 6.53. The highest BCUT2D eigenvalue weighted by molar-refractivity contribution is 8.00. The van der Waals surface area contributed by atoms with E-state index in [9.17, 15) is 19.1 Å². The van der Waals surface area contributed by atoms with Crippen molar-refractivity contribution in [2.75, 3.05) is 18.6 Å². The number of aromatic nitrogens is 2. The first kappa shape index (κ1) is 30.2. The first-order valence-electron chi connectivity index (χ1n) is 13.8. The van der Waals surface area contributed by atoms with E-state index in [2.05, 4.69) is 17.1 Å². The smallest absolute Gasteiger partial charge is 0.301 e. The van der Waals surface area contributed by atoms with Gasteiger partial charge in [0.1, 0.15) is 23.1 Å². The normalized spacial score (nSPS) is 16.1. The van der Waals surface area contributed by atoms with E-state index in [4.69, 9.17) is 9.47 Å². The fourth-order valence-electron chi connectivity index (χ4n) is 4.68. The molecular formula is C32H30FN3O5S2. The van der Waals surface area contributed by atoms with Crippen LogP contribution in [0, 0.1) is 5.82 Å². The van der Waals surface area contributed by atoms with Crippen LogP contribution >= 0.6 is 23.1 Å². The Kier molecular flexibility index (Phi) is 9.73. The summed E-state index contributed by atoms with van der Waals surface area (Å²) in [5.74, 6) is -0.835. The van der Waals surface area contributed by atoms with Gasteiger partial charge in [-0.05, 0) is 60.0 Å². The van der Waals surface area contributed by atoms with Crippen LogP contribution in [-0.2, 0) is 15.3 Å². The van der Waals surface area contributed by atoms with Crippen molar-refractivity contribution in [2.45, 2.75) is 42.3 Å². The number of nitrogens with zero attached hydrogens (tertiary/aromatic N) is 3. The molecule has 0 radical (unpaired) electrons. The van der Waals surface area contributed by atoms with E-state index >= 15 is 0 Å². The Morgan fingerprint density at radius 1 is 1.02 bits per heavy atom. The van der Waals surface area contributed by atoms with E-state index in [0.29, 0.717) is 44.9 Å². The van der Waals surface area contributed by atoms with Crippen molar-refractivity contribution in [1.29, 1.82) is 0 Å². The molecule has 222 valence electrons. The van der Waals surface area contributed by atoms with Crippen LogP contribution in [0.4, 0.5) is 9.52 Å².